The van der Waals surface area contributed by atoms with Gasteiger partial charge in [0.15, 0.2) is 31.2 Å². The Hall–Kier alpha value is -1.99. The van der Waals surface area contributed by atoms with Gasteiger partial charge in [0, 0.05) is 6.07 Å². The molecule has 0 fully saturated rings. The van der Waals surface area contributed by atoms with Crippen LogP contribution in [0.3, 0.4) is 0 Å². The molecule has 0 saturated carbocycles. The third-order valence-electron chi connectivity index (χ3n) is 3.17. The second kappa shape index (κ2) is 6.87. The van der Waals surface area contributed by atoms with Crippen LogP contribution in [0.4, 0.5) is 35.1 Å². The Labute approximate surface area is 148 Å². The van der Waals surface area contributed by atoms with Gasteiger partial charge in [-0.2, -0.15) is 13.2 Å². The van der Waals surface area contributed by atoms with Crippen LogP contribution in [0.2, 0.25) is 0 Å². The van der Waals surface area contributed by atoms with E-state index in [-0.39, 0.29) is 20.2 Å². The quantitative estimate of drug-likeness (QED) is 0.200. The lowest BCUT2D eigenvalue weighted by Crippen LogP contribution is -2.21. The summed E-state index contributed by atoms with van der Waals surface area (Å²) < 4.78 is 125. The van der Waals surface area contributed by atoms with Crippen molar-refractivity contribution in [3.05, 3.63) is 48.0 Å². The predicted molar refractivity (Wildman–Crippen MR) is 80.9 cm³/mol. The summed E-state index contributed by atoms with van der Waals surface area (Å²) in [6.07, 6.45) is 0. The van der Waals surface area contributed by atoms with Crippen LogP contribution in [-0.2, 0) is 15.6 Å². The molecule has 0 saturated heterocycles. The van der Waals surface area contributed by atoms with Crippen LogP contribution < -0.4 is 0 Å². The molecule has 0 N–H and O–H groups in total. The first-order valence-electron chi connectivity index (χ1n) is 6.57. The van der Waals surface area contributed by atoms with Crippen LogP contribution in [0.5, 0.6) is 0 Å². The lowest BCUT2D eigenvalue weighted by atomic mass is 10.1. The van der Waals surface area contributed by atoms with Crippen molar-refractivity contribution >= 4 is 40.8 Å². The van der Waals surface area contributed by atoms with Gasteiger partial charge < -0.3 is 4.55 Å². The van der Waals surface area contributed by atoms with Crippen LogP contribution in [-0.4, -0.2) is 18.5 Å². The Kier molecular flexibility index (Phi) is 5.42. The molecule has 0 spiro atoms. The van der Waals surface area contributed by atoms with E-state index in [1.807, 2.05) is 0 Å². The number of rotatable bonds is 0. The molecule has 3 rings (SSSR count). The zero-order valence-electron chi connectivity index (χ0n) is 12.5. The molecule has 27 heavy (non-hydrogen) atoms. The van der Waals surface area contributed by atoms with E-state index in [0.717, 1.165) is 12.1 Å². The van der Waals surface area contributed by atoms with E-state index in [1.54, 1.807) is 0 Å². The summed E-state index contributed by atoms with van der Waals surface area (Å²) in [7, 11) is -8.31. The lowest BCUT2D eigenvalue weighted by Gasteiger charge is -2.08. The topological polar surface area (TPSA) is 57.2 Å². The van der Waals surface area contributed by atoms with Gasteiger partial charge >= 0.3 is 11.0 Å². The normalized spacial score (nSPS) is 13.6. The highest BCUT2D eigenvalue weighted by Crippen LogP contribution is 2.54. The van der Waals surface area contributed by atoms with Crippen molar-refractivity contribution in [3.8, 4) is 0 Å². The molecular weight excluding hydrogens is 432 g/mol. The Balaban J connectivity index is 0.000000279. The number of benzene rings is 2. The standard InChI is InChI=1S/C13H6F5S.CHF3O3S/c14-8-5-6-10-11(12(8)15)7-3-1-2-4-9(7)19(10)13(16,17)18;2-1(3,4)8(5,6)7/h1-6H;(H,5,6,7)/q+1;/p-1. The minimum absolute atomic E-state index is 0.00509. The van der Waals surface area contributed by atoms with E-state index in [0.29, 0.717) is 0 Å². The summed E-state index contributed by atoms with van der Waals surface area (Å²) in [4.78, 5) is 0. The third-order valence-corrected chi connectivity index (χ3v) is 5.77. The second-order valence-corrected chi connectivity index (χ2v) is 8.21. The molecule has 0 bridgehead atoms. The number of thiophene rings is 1. The predicted octanol–water partition coefficient (Wildman–Crippen LogP) is 5.55. The zero-order chi connectivity index (χ0) is 20.8. The molecule has 0 aliphatic heterocycles. The highest BCUT2D eigenvalue weighted by molar-refractivity contribution is 7.86. The van der Waals surface area contributed by atoms with Gasteiger partial charge in [0.25, 0.3) is 0 Å². The molecule has 0 aliphatic carbocycles. The fourth-order valence-corrected chi connectivity index (χ4v) is 4.12. The molecule has 0 amide bonds. The van der Waals surface area contributed by atoms with Crippen molar-refractivity contribution in [2.45, 2.75) is 11.0 Å². The van der Waals surface area contributed by atoms with Gasteiger partial charge in [-0.1, -0.05) is 12.1 Å². The maximum atomic E-state index is 13.8. The molecule has 0 radical (unpaired) electrons. The average Bonchev–Trinajstić information content (AvgIpc) is 2.84. The van der Waals surface area contributed by atoms with E-state index < -0.39 is 43.2 Å². The van der Waals surface area contributed by atoms with Gasteiger partial charge in [-0.3, -0.25) is 0 Å². The van der Waals surface area contributed by atoms with Crippen molar-refractivity contribution < 1.29 is 48.1 Å². The Morgan fingerprint density at radius 2 is 1.37 bits per heavy atom. The van der Waals surface area contributed by atoms with Crippen LogP contribution >= 0.6 is 10.5 Å². The van der Waals surface area contributed by atoms with Crippen LogP contribution in [0.25, 0.3) is 20.2 Å². The molecular formula is C14H6F8O3S2. The average molecular weight is 438 g/mol. The molecule has 1 atom stereocenters. The highest BCUT2D eigenvalue weighted by Gasteiger charge is 2.48. The summed E-state index contributed by atoms with van der Waals surface area (Å²) >= 11 is 0. The Morgan fingerprint density at radius 1 is 0.852 bits per heavy atom. The van der Waals surface area contributed by atoms with Gasteiger partial charge in [0.05, 0.1) is 10.8 Å². The van der Waals surface area contributed by atoms with E-state index >= 15 is 0 Å². The summed E-state index contributed by atoms with van der Waals surface area (Å²) in [5.74, 6) is -2.36. The number of hydrogen-bond acceptors (Lipinski definition) is 3. The van der Waals surface area contributed by atoms with Crippen molar-refractivity contribution in [1.29, 1.82) is 0 Å². The molecule has 3 aromatic rings. The van der Waals surface area contributed by atoms with E-state index in [2.05, 4.69) is 0 Å². The smallest absolute Gasteiger partial charge is 0.601 e. The molecule has 0 aliphatic rings. The fourth-order valence-electron chi connectivity index (χ4n) is 2.17. The maximum absolute atomic E-state index is 13.8. The van der Waals surface area contributed by atoms with Crippen LogP contribution in [0.1, 0.15) is 0 Å². The Morgan fingerprint density at radius 3 is 1.85 bits per heavy atom. The van der Waals surface area contributed by atoms with Gasteiger partial charge in [0.2, 0.25) is 0 Å². The molecule has 1 unspecified atom stereocenters. The van der Waals surface area contributed by atoms with Gasteiger partial charge in [-0.15, -0.1) is 13.2 Å². The van der Waals surface area contributed by atoms with Crippen LogP contribution in [0.15, 0.2) is 36.4 Å². The minimum Gasteiger partial charge on any atom is -0.741 e. The highest BCUT2D eigenvalue weighted by atomic mass is 32.2. The number of hydrogen-bond donors (Lipinski definition) is 0. The number of fused-ring (bicyclic) bond motifs is 3. The zero-order valence-corrected chi connectivity index (χ0v) is 14.2. The number of halogens is 8. The van der Waals surface area contributed by atoms with Gasteiger partial charge in [-0.25, -0.2) is 17.2 Å². The molecule has 1 aromatic heterocycles. The summed E-state index contributed by atoms with van der Waals surface area (Å²) in [5, 5.41) is -0.147. The van der Waals surface area contributed by atoms with Crippen molar-refractivity contribution in [1.82, 2.24) is 0 Å². The van der Waals surface area contributed by atoms with E-state index in [9.17, 15) is 35.1 Å². The Bertz CT molecular complexity index is 1100. The van der Waals surface area contributed by atoms with Gasteiger partial charge in [0.1, 0.15) is 10.5 Å². The third kappa shape index (κ3) is 4.14. The molecule has 148 valence electrons. The fraction of sp³-hybridized carbons (Fsp3) is 0.143. The SMILES string of the molecule is Fc1ccc2c(c1F)c1ccccc1[s+]2C(F)(F)F.O=S(=O)([O-])C(F)(F)F. The van der Waals surface area contributed by atoms with E-state index in [4.69, 9.17) is 13.0 Å². The van der Waals surface area contributed by atoms with Gasteiger partial charge in [-0.05, 0) is 18.2 Å². The van der Waals surface area contributed by atoms with Crippen LogP contribution in [0, 0.1) is 11.6 Å². The lowest BCUT2D eigenvalue weighted by molar-refractivity contribution is -0.0862. The van der Waals surface area contributed by atoms with E-state index in [1.165, 1.54) is 24.3 Å². The second-order valence-electron chi connectivity index (χ2n) is 4.88. The number of alkyl halides is 6. The first kappa shape index (κ1) is 21.3. The van der Waals surface area contributed by atoms with Crippen molar-refractivity contribution in [2.75, 3.05) is 0 Å². The molecule has 13 heteroatoms. The summed E-state index contributed by atoms with van der Waals surface area (Å²) in [6.45, 7) is 0. The maximum Gasteiger partial charge on any atom is 0.601 e. The molecule has 1 heterocycles. The first-order valence-corrected chi connectivity index (χ1v) is 9.20. The summed E-state index contributed by atoms with van der Waals surface area (Å²) in [5.41, 5.74) is -10.2. The van der Waals surface area contributed by atoms with Crippen molar-refractivity contribution in [2.24, 2.45) is 0 Å². The summed E-state index contributed by atoms with van der Waals surface area (Å²) in [6, 6.07) is 7.43. The van der Waals surface area contributed by atoms with Crippen molar-refractivity contribution in [3.63, 3.8) is 0 Å². The molecule has 2 aromatic carbocycles. The minimum atomic E-state index is -6.09. The molecule has 3 nitrogen and oxygen atoms in total. The monoisotopic (exact) mass is 438 g/mol. The first-order chi connectivity index (χ1) is 12.2. The largest absolute Gasteiger partial charge is 0.741 e.